The van der Waals surface area contributed by atoms with Crippen molar-refractivity contribution in [1.82, 2.24) is 0 Å². The second-order valence-corrected chi connectivity index (χ2v) is 6.43. The van der Waals surface area contributed by atoms with E-state index >= 15 is 0 Å². The van der Waals surface area contributed by atoms with Crippen LogP contribution in [-0.4, -0.2) is 37.7 Å². The molecule has 1 heterocycles. The number of carbonyl (C=O) groups excluding carboxylic acids is 1. The SMILES string of the molecule is COCCCC(N)C(=O)C1CCOC2(CCCCC2)C1. The van der Waals surface area contributed by atoms with E-state index in [9.17, 15) is 4.79 Å². The lowest BCUT2D eigenvalue weighted by Crippen LogP contribution is -2.46. The van der Waals surface area contributed by atoms with Gasteiger partial charge in [0.25, 0.3) is 0 Å². The molecule has 2 rings (SSSR count). The first kappa shape index (κ1) is 15.9. The summed E-state index contributed by atoms with van der Waals surface area (Å²) in [5.41, 5.74) is 6.05. The van der Waals surface area contributed by atoms with Gasteiger partial charge in [-0.15, -0.1) is 0 Å². The third-order valence-corrected chi connectivity index (χ3v) is 4.89. The van der Waals surface area contributed by atoms with Crippen LogP contribution in [0.15, 0.2) is 0 Å². The van der Waals surface area contributed by atoms with Crippen molar-refractivity contribution in [1.29, 1.82) is 0 Å². The van der Waals surface area contributed by atoms with Gasteiger partial charge in [0.2, 0.25) is 0 Å². The van der Waals surface area contributed by atoms with Crippen molar-refractivity contribution in [2.24, 2.45) is 11.7 Å². The molecule has 1 saturated carbocycles. The van der Waals surface area contributed by atoms with E-state index in [0.29, 0.717) is 6.61 Å². The predicted octanol–water partition coefficient (Wildman–Crippen LogP) is 2.44. The lowest BCUT2D eigenvalue weighted by atomic mass is 9.74. The summed E-state index contributed by atoms with van der Waals surface area (Å²) in [4.78, 5) is 12.5. The zero-order chi connectivity index (χ0) is 14.4. The molecular weight excluding hydrogens is 254 g/mol. The molecule has 2 fully saturated rings. The molecule has 2 atom stereocenters. The van der Waals surface area contributed by atoms with E-state index in [1.807, 2.05) is 0 Å². The van der Waals surface area contributed by atoms with Crippen LogP contribution in [0.1, 0.15) is 57.8 Å². The Bertz CT molecular complexity index is 307. The van der Waals surface area contributed by atoms with E-state index in [1.165, 1.54) is 19.3 Å². The largest absolute Gasteiger partial charge is 0.385 e. The van der Waals surface area contributed by atoms with E-state index in [2.05, 4.69) is 0 Å². The maximum atomic E-state index is 12.5. The fraction of sp³-hybridized carbons (Fsp3) is 0.938. The van der Waals surface area contributed by atoms with Crippen LogP contribution in [0.3, 0.4) is 0 Å². The lowest BCUT2D eigenvalue weighted by molar-refractivity contribution is -0.144. The number of ketones is 1. The lowest BCUT2D eigenvalue weighted by Gasteiger charge is -2.43. The summed E-state index contributed by atoms with van der Waals surface area (Å²) in [6.45, 7) is 1.40. The van der Waals surface area contributed by atoms with Gasteiger partial charge in [0.05, 0.1) is 11.6 Å². The van der Waals surface area contributed by atoms with Gasteiger partial charge < -0.3 is 15.2 Å². The topological polar surface area (TPSA) is 61.5 Å². The Morgan fingerprint density at radius 3 is 2.85 bits per heavy atom. The number of ether oxygens (including phenoxy) is 2. The van der Waals surface area contributed by atoms with Crippen LogP contribution in [0.25, 0.3) is 0 Å². The number of Topliss-reactive ketones (excluding diaryl/α,β-unsaturated/α-hetero) is 1. The van der Waals surface area contributed by atoms with Gasteiger partial charge in [-0.25, -0.2) is 0 Å². The molecule has 0 amide bonds. The van der Waals surface area contributed by atoms with E-state index in [4.69, 9.17) is 15.2 Å². The van der Waals surface area contributed by atoms with Crippen molar-refractivity contribution >= 4 is 5.78 Å². The van der Waals surface area contributed by atoms with E-state index in [-0.39, 0.29) is 23.3 Å². The first-order valence-corrected chi connectivity index (χ1v) is 8.09. The fourth-order valence-corrected chi connectivity index (χ4v) is 3.71. The summed E-state index contributed by atoms with van der Waals surface area (Å²) >= 11 is 0. The summed E-state index contributed by atoms with van der Waals surface area (Å²) in [5, 5.41) is 0. The molecule has 0 aromatic heterocycles. The highest BCUT2D eigenvalue weighted by Gasteiger charge is 2.41. The molecule has 4 heteroatoms. The molecule has 1 aliphatic carbocycles. The minimum absolute atomic E-state index is 0.0108. The molecule has 0 aromatic carbocycles. The number of carbonyl (C=O) groups is 1. The van der Waals surface area contributed by atoms with Crippen molar-refractivity contribution in [3.8, 4) is 0 Å². The van der Waals surface area contributed by atoms with Crippen molar-refractivity contribution < 1.29 is 14.3 Å². The molecule has 2 unspecified atom stereocenters. The third-order valence-electron chi connectivity index (χ3n) is 4.89. The molecule has 2 aliphatic rings. The molecule has 4 nitrogen and oxygen atoms in total. The van der Waals surface area contributed by atoms with Gasteiger partial charge in [-0.2, -0.15) is 0 Å². The second-order valence-electron chi connectivity index (χ2n) is 6.43. The number of hydrogen-bond acceptors (Lipinski definition) is 4. The van der Waals surface area contributed by atoms with Crippen LogP contribution in [0.4, 0.5) is 0 Å². The van der Waals surface area contributed by atoms with E-state index < -0.39 is 0 Å². The van der Waals surface area contributed by atoms with Gasteiger partial charge >= 0.3 is 0 Å². The van der Waals surface area contributed by atoms with Crippen molar-refractivity contribution in [3.05, 3.63) is 0 Å². The van der Waals surface area contributed by atoms with Crippen molar-refractivity contribution in [2.45, 2.75) is 69.4 Å². The standard InChI is InChI=1S/C16H29NO3/c1-19-10-5-6-14(17)15(18)13-7-11-20-16(12-13)8-3-2-4-9-16/h13-14H,2-12,17H2,1H3. The van der Waals surface area contributed by atoms with Crippen LogP contribution in [0, 0.1) is 5.92 Å². The van der Waals surface area contributed by atoms with Crippen molar-refractivity contribution in [3.63, 3.8) is 0 Å². The Labute approximate surface area is 122 Å². The molecule has 1 aliphatic heterocycles. The molecule has 0 bridgehead atoms. The highest BCUT2D eigenvalue weighted by molar-refractivity contribution is 5.86. The monoisotopic (exact) mass is 283 g/mol. The first-order valence-electron chi connectivity index (χ1n) is 8.09. The third kappa shape index (κ3) is 4.03. The maximum absolute atomic E-state index is 12.5. The summed E-state index contributed by atoms with van der Waals surface area (Å²) in [7, 11) is 1.68. The quantitative estimate of drug-likeness (QED) is 0.761. The van der Waals surface area contributed by atoms with Gasteiger partial charge in [-0.3, -0.25) is 4.79 Å². The van der Waals surface area contributed by atoms with E-state index in [1.54, 1.807) is 7.11 Å². The molecule has 0 aromatic rings. The molecule has 0 radical (unpaired) electrons. The summed E-state index contributed by atoms with van der Waals surface area (Å²) < 4.78 is 11.1. The molecular formula is C16H29NO3. The van der Waals surface area contributed by atoms with Gasteiger partial charge in [-0.05, 0) is 38.5 Å². The summed E-state index contributed by atoms with van der Waals surface area (Å²) in [5.74, 6) is 0.355. The Hall–Kier alpha value is -0.450. The Morgan fingerprint density at radius 2 is 2.15 bits per heavy atom. The van der Waals surface area contributed by atoms with Crippen LogP contribution in [0.5, 0.6) is 0 Å². The Balaban J connectivity index is 1.86. The molecule has 1 saturated heterocycles. The highest BCUT2D eigenvalue weighted by Crippen LogP contribution is 2.41. The van der Waals surface area contributed by atoms with Gasteiger partial charge in [0.1, 0.15) is 0 Å². The highest BCUT2D eigenvalue weighted by atomic mass is 16.5. The summed E-state index contributed by atoms with van der Waals surface area (Å²) in [6, 6.07) is -0.325. The smallest absolute Gasteiger partial charge is 0.152 e. The number of rotatable bonds is 6. The normalized spacial score (nSPS) is 27.4. The average molecular weight is 283 g/mol. The van der Waals surface area contributed by atoms with Crippen LogP contribution < -0.4 is 5.73 Å². The maximum Gasteiger partial charge on any atom is 0.152 e. The second kappa shape index (κ2) is 7.53. The molecule has 2 N–H and O–H groups in total. The Morgan fingerprint density at radius 1 is 1.40 bits per heavy atom. The molecule has 20 heavy (non-hydrogen) atoms. The first-order chi connectivity index (χ1) is 9.67. The van der Waals surface area contributed by atoms with Crippen LogP contribution >= 0.6 is 0 Å². The summed E-state index contributed by atoms with van der Waals surface area (Å²) in [6.07, 6.45) is 9.35. The molecule has 116 valence electrons. The molecule has 1 spiro atoms. The zero-order valence-corrected chi connectivity index (χ0v) is 12.7. The van der Waals surface area contributed by atoms with Gasteiger partial charge in [0, 0.05) is 26.2 Å². The predicted molar refractivity (Wildman–Crippen MR) is 78.6 cm³/mol. The van der Waals surface area contributed by atoms with Gasteiger partial charge in [0.15, 0.2) is 5.78 Å². The van der Waals surface area contributed by atoms with Crippen LogP contribution in [-0.2, 0) is 14.3 Å². The average Bonchev–Trinajstić information content (AvgIpc) is 2.47. The minimum Gasteiger partial charge on any atom is -0.385 e. The number of hydrogen-bond donors (Lipinski definition) is 1. The Kier molecular flexibility index (Phi) is 6.00. The van der Waals surface area contributed by atoms with Gasteiger partial charge in [-0.1, -0.05) is 19.3 Å². The van der Waals surface area contributed by atoms with Crippen LogP contribution in [0.2, 0.25) is 0 Å². The van der Waals surface area contributed by atoms with E-state index in [0.717, 1.165) is 45.1 Å². The fourth-order valence-electron chi connectivity index (χ4n) is 3.71. The minimum atomic E-state index is -0.325. The zero-order valence-electron chi connectivity index (χ0n) is 12.7. The number of nitrogens with two attached hydrogens (primary N) is 1. The number of methoxy groups -OCH3 is 1. The van der Waals surface area contributed by atoms with Crippen molar-refractivity contribution in [2.75, 3.05) is 20.3 Å².